The van der Waals surface area contributed by atoms with Crippen LogP contribution in [0.15, 0.2) is 30.3 Å². The number of carbonyl (C=O) groups is 2. The molecule has 0 atom stereocenters. The Morgan fingerprint density at radius 3 is 2.09 bits per heavy atom. The van der Waals surface area contributed by atoms with Crippen molar-refractivity contribution in [1.29, 1.82) is 0 Å². The van der Waals surface area contributed by atoms with Gasteiger partial charge in [-0.1, -0.05) is 51.1 Å². The van der Waals surface area contributed by atoms with Gasteiger partial charge in [-0.05, 0) is 31.2 Å². The molecule has 128 valence electrons. The highest BCUT2D eigenvalue weighted by atomic mass is 16.2. The molecule has 0 aliphatic heterocycles. The fourth-order valence-corrected chi connectivity index (χ4v) is 3.04. The minimum Gasteiger partial charge on any atom is -0.350 e. The minimum atomic E-state index is -0.301. The molecule has 0 saturated heterocycles. The number of rotatable bonds is 6. The normalized spacial score (nSPS) is 11.9. The van der Waals surface area contributed by atoms with E-state index in [1.165, 1.54) is 6.92 Å². The van der Waals surface area contributed by atoms with Crippen LogP contribution in [0.3, 0.4) is 0 Å². The Bertz CT molecular complexity index is 530. The van der Waals surface area contributed by atoms with Crippen molar-refractivity contribution in [2.75, 3.05) is 6.54 Å². The maximum absolute atomic E-state index is 12.3. The quantitative estimate of drug-likeness (QED) is 0.874. The Labute approximate surface area is 140 Å². The van der Waals surface area contributed by atoms with Crippen molar-refractivity contribution in [2.24, 2.45) is 5.41 Å². The average Bonchev–Trinajstić information content (AvgIpc) is 2.35. The van der Waals surface area contributed by atoms with Gasteiger partial charge in [0.2, 0.25) is 11.8 Å². The second kappa shape index (κ2) is 7.62. The largest absolute Gasteiger partial charge is 0.350 e. The van der Waals surface area contributed by atoms with Gasteiger partial charge in [0, 0.05) is 19.0 Å². The number of amides is 2. The van der Waals surface area contributed by atoms with Crippen LogP contribution in [0, 0.1) is 5.41 Å². The lowest BCUT2D eigenvalue weighted by Crippen LogP contribution is -2.49. The highest BCUT2D eigenvalue weighted by Crippen LogP contribution is 2.26. The van der Waals surface area contributed by atoms with Crippen LogP contribution >= 0.6 is 0 Å². The van der Waals surface area contributed by atoms with Crippen LogP contribution in [0.5, 0.6) is 0 Å². The molecule has 0 bridgehead atoms. The summed E-state index contributed by atoms with van der Waals surface area (Å²) >= 11 is 0. The van der Waals surface area contributed by atoms with Gasteiger partial charge in [0.25, 0.3) is 0 Å². The molecule has 0 aliphatic carbocycles. The van der Waals surface area contributed by atoms with Crippen molar-refractivity contribution in [2.45, 2.75) is 60.0 Å². The first-order valence-electron chi connectivity index (χ1n) is 8.09. The molecule has 1 aromatic rings. The lowest BCUT2D eigenvalue weighted by Gasteiger charge is -2.34. The van der Waals surface area contributed by atoms with Gasteiger partial charge >= 0.3 is 0 Å². The summed E-state index contributed by atoms with van der Waals surface area (Å²) in [5.41, 5.74) is 0.843. The lowest BCUT2D eigenvalue weighted by molar-refractivity contribution is -0.135. The van der Waals surface area contributed by atoms with Gasteiger partial charge in [0.1, 0.15) is 0 Å². The summed E-state index contributed by atoms with van der Waals surface area (Å²) in [7, 11) is 0. The zero-order valence-electron chi connectivity index (χ0n) is 15.3. The van der Waals surface area contributed by atoms with Crippen LogP contribution < -0.4 is 5.32 Å². The van der Waals surface area contributed by atoms with Crippen LogP contribution in [0.2, 0.25) is 0 Å². The third kappa shape index (κ3) is 7.82. The Balaban J connectivity index is 2.66. The zero-order chi connectivity index (χ0) is 17.7. The van der Waals surface area contributed by atoms with Gasteiger partial charge in [0.15, 0.2) is 0 Å². The Kier molecular flexibility index (Phi) is 6.37. The van der Waals surface area contributed by atoms with E-state index in [-0.39, 0.29) is 29.3 Å². The van der Waals surface area contributed by atoms with Gasteiger partial charge in [-0.25, -0.2) is 0 Å². The molecule has 1 aromatic carbocycles. The van der Waals surface area contributed by atoms with Gasteiger partial charge < -0.3 is 10.2 Å². The van der Waals surface area contributed by atoms with E-state index in [9.17, 15) is 9.59 Å². The molecule has 0 spiro atoms. The SMILES string of the molecule is CC(=O)N(CC(=O)NC(C)(C)CC(C)(C)C)Cc1ccccc1. The number of hydrogen-bond acceptors (Lipinski definition) is 2. The molecule has 0 saturated carbocycles. The fraction of sp³-hybridized carbons (Fsp3) is 0.579. The van der Waals surface area contributed by atoms with E-state index in [1.54, 1.807) is 4.90 Å². The highest BCUT2D eigenvalue weighted by Gasteiger charge is 2.27. The van der Waals surface area contributed by atoms with Crippen LogP contribution in [0.4, 0.5) is 0 Å². The monoisotopic (exact) mass is 318 g/mol. The van der Waals surface area contributed by atoms with E-state index in [0.717, 1.165) is 12.0 Å². The summed E-state index contributed by atoms with van der Waals surface area (Å²) in [6.45, 7) is 12.5. The summed E-state index contributed by atoms with van der Waals surface area (Å²) < 4.78 is 0. The van der Waals surface area contributed by atoms with Crippen LogP contribution in [-0.4, -0.2) is 28.8 Å². The Morgan fingerprint density at radius 2 is 1.61 bits per heavy atom. The molecular weight excluding hydrogens is 288 g/mol. The number of nitrogens with zero attached hydrogens (tertiary/aromatic N) is 1. The lowest BCUT2D eigenvalue weighted by atomic mass is 9.82. The van der Waals surface area contributed by atoms with Crippen LogP contribution in [0.25, 0.3) is 0 Å². The molecule has 0 radical (unpaired) electrons. The summed E-state index contributed by atoms with van der Waals surface area (Å²) in [6, 6.07) is 9.71. The number of benzene rings is 1. The summed E-state index contributed by atoms with van der Waals surface area (Å²) in [4.78, 5) is 25.7. The number of carbonyl (C=O) groups excluding carboxylic acids is 2. The molecule has 0 aliphatic rings. The smallest absolute Gasteiger partial charge is 0.240 e. The molecule has 0 unspecified atom stereocenters. The first-order valence-corrected chi connectivity index (χ1v) is 8.09. The van der Waals surface area contributed by atoms with Gasteiger partial charge in [0.05, 0.1) is 6.54 Å². The maximum Gasteiger partial charge on any atom is 0.240 e. The number of nitrogens with one attached hydrogen (secondary N) is 1. The number of hydrogen-bond donors (Lipinski definition) is 1. The van der Waals surface area contributed by atoms with Gasteiger partial charge in [-0.2, -0.15) is 0 Å². The second-order valence-electron chi connectivity index (χ2n) is 8.03. The van der Waals surface area contributed by atoms with E-state index >= 15 is 0 Å². The topological polar surface area (TPSA) is 49.4 Å². The van der Waals surface area contributed by atoms with Crippen molar-refractivity contribution in [3.8, 4) is 0 Å². The van der Waals surface area contributed by atoms with Crippen LogP contribution in [-0.2, 0) is 16.1 Å². The van der Waals surface area contributed by atoms with Crippen molar-refractivity contribution in [1.82, 2.24) is 10.2 Å². The molecule has 1 rings (SSSR count). The van der Waals surface area contributed by atoms with Crippen LogP contribution in [0.1, 0.15) is 53.5 Å². The highest BCUT2D eigenvalue weighted by molar-refractivity contribution is 5.84. The third-order valence-corrected chi connectivity index (χ3v) is 3.45. The first kappa shape index (κ1) is 19.2. The average molecular weight is 318 g/mol. The predicted octanol–water partition coefficient (Wildman–Crippen LogP) is 3.37. The molecule has 0 heterocycles. The predicted molar refractivity (Wildman–Crippen MR) is 93.8 cm³/mol. The summed E-state index contributed by atoms with van der Waals surface area (Å²) in [5, 5.41) is 3.05. The molecule has 4 nitrogen and oxygen atoms in total. The standard InChI is InChI=1S/C19H30N2O2/c1-15(22)21(12-16-10-8-7-9-11-16)13-17(23)20-19(5,6)14-18(2,3)4/h7-11H,12-14H2,1-6H3,(H,20,23). The third-order valence-electron chi connectivity index (χ3n) is 3.45. The molecule has 4 heteroatoms. The summed E-state index contributed by atoms with van der Waals surface area (Å²) in [6.07, 6.45) is 0.866. The van der Waals surface area contributed by atoms with Gasteiger partial charge in [-0.15, -0.1) is 0 Å². The van der Waals surface area contributed by atoms with E-state index in [1.807, 2.05) is 44.2 Å². The Morgan fingerprint density at radius 1 is 1.04 bits per heavy atom. The van der Waals surface area contributed by atoms with Crippen molar-refractivity contribution >= 4 is 11.8 Å². The summed E-state index contributed by atoms with van der Waals surface area (Å²) in [5.74, 6) is -0.219. The fourth-order valence-electron chi connectivity index (χ4n) is 3.04. The van der Waals surface area contributed by atoms with Crippen molar-refractivity contribution in [3.05, 3.63) is 35.9 Å². The first-order chi connectivity index (χ1) is 10.5. The van der Waals surface area contributed by atoms with Gasteiger partial charge in [-0.3, -0.25) is 9.59 Å². The van der Waals surface area contributed by atoms with Crippen molar-refractivity contribution in [3.63, 3.8) is 0 Å². The van der Waals surface area contributed by atoms with E-state index in [0.29, 0.717) is 6.54 Å². The molecule has 23 heavy (non-hydrogen) atoms. The Hall–Kier alpha value is -1.84. The maximum atomic E-state index is 12.3. The van der Waals surface area contributed by atoms with E-state index < -0.39 is 0 Å². The van der Waals surface area contributed by atoms with E-state index in [4.69, 9.17) is 0 Å². The minimum absolute atomic E-state index is 0.0812. The molecule has 1 N–H and O–H groups in total. The van der Waals surface area contributed by atoms with E-state index in [2.05, 4.69) is 26.1 Å². The molecule has 0 fully saturated rings. The molecule has 0 aromatic heterocycles. The van der Waals surface area contributed by atoms with Crippen molar-refractivity contribution < 1.29 is 9.59 Å². The zero-order valence-corrected chi connectivity index (χ0v) is 15.3. The molecular formula is C19H30N2O2. The molecule has 2 amide bonds. The second-order valence-corrected chi connectivity index (χ2v) is 8.03.